The molecule has 53 heavy (non-hydrogen) atoms. The summed E-state index contributed by atoms with van der Waals surface area (Å²) in [7, 11) is 2.26. The molecule has 0 radical (unpaired) electrons. The van der Waals surface area contributed by atoms with E-state index in [0.29, 0.717) is 23.9 Å². The van der Waals surface area contributed by atoms with Crippen molar-refractivity contribution >= 4 is 39.6 Å². The number of fused-ring (bicyclic) bond motifs is 4. The minimum Gasteiger partial charge on any atom is -0.347 e. The van der Waals surface area contributed by atoms with E-state index in [4.69, 9.17) is 0 Å². The molecule has 0 unspecified atom stereocenters. The van der Waals surface area contributed by atoms with E-state index in [9.17, 15) is 4.79 Å². The Morgan fingerprint density at radius 1 is 0.792 bits per heavy atom. The number of hydrogen-bond donors (Lipinski definition) is 1. The first-order valence-corrected chi connectivity index (χ1v) is 22.5. The van der Waals surface area contributed by atoms with Crippen molar-refractivity contribution in [2.75, 3.05) is 51.8 Å². The van der Waals surface area contributed by atoms with Crippen molar-refractivity contribution in [1.82, 2.24) is 29.2 Å². The van der Waals surface area contributed by atoms with Gasteiger partial charge in [0.25, 0.3) is 0 Å². The van der Waals surface area contributed by atoms with E-state index >= 15 is 0 Å². The number of carbonyl (C=O) groups is 1. The zero-order valence-corrected chi connectivity index (χ0v) is 34.0. The van der Waals surface area contributed by atoms with Gasteiger partial charge in [-0.3, -0.25) is 4.90 Å². The van der Waals surface area contributed by atoms with Crippen LogP contribution in [0.3, 0.4) is 0 Å². The molecule has 2 aliphatic heterocycles. The van der Waals surface area contributed by atoms with Crippen molar-refractivity contribution in [1.29, 1.82) is 0 Å². The average molecular weight is 737 g/mol. The van der Waals surface area contributed by atoms with Crippen molar-refractivity contribution in [2.45, 2.75) is 122 Å². The predicted octanol–water partition coefficient (Wildman–Crippen LogP) is 8.72. The number of nitrogens with one attached hydrogen (secondary N) is 1. The molecule has 0 bridgehead atoms. The Hall–Kier alpha value is -2.94. The number of nitrogens with zero attached hydrogens (tertiary/aromatic N) is 5. The van der Waals surface area contributed by atoms with Gasteiger partial charge < -0.3 is 24.3 Å². The molecule has 7 nitrogen and oxygen atoms in total. The topological polar surface area (TPSA) is 48.7 Å². The number of unbranched alkanes of at least 4 members (excludes halogenated alkanes) is 3. The fourth-order valence-corrected chi connectivity index (χ4v) is 12.0. The summed E-state index contributed by atoms with van der Waals surface area (Å²) in [6.07, 6.45) is 18.2. The highest BCUT2D eigenvalue weighted by molar-refractivity contribution is 7.98. The van der Waals surface area contributed by atoms with Gasteiger partial charge in [0.15, 0.2) is 0 Å². The number of amides is 2. The Morgan fingerprint density at radius 2 is 1.40 bits per heavy atom. The lowest BCUT2D eigenvalue weighted by Gasteiger charge is -2.47. The molecular weight excluding hydrogens is 673 g/mol. The molecule has 2 amide bonds. The van der Waals surface area contributed by atoms with Crippen LogP contribution in [0.25, 0.3) is 21.8 Å². The zero-order valence-electron chi connectivity index (χ0n) is 33.2. The summed E-state index contributed by atoms with van der Waals surface area (Å²) in [5.74, 6) is 3.22. The van der Waals surface area contributed by atoms with Crippen LogP contribution in [0.2, 0.25) is 0 Å². The van der Waals surface area contributed by atoms with Crippen molar-refractivity contribution in [2.24, 2.45) is 5.92 Å². The summed E-state index contributed by atoms with van der Waals surface area (Å²) in [5.41, 5.74) is 9.11. The lowest BCUT2D eigenvalue weighted by atomic mass is 9.72. The summed E-state index contributed by atoms with van der Waals surface area (Å²) in [6, 6.07) is 15.6. The van der Waals surface area contributed by atoms with Crippen molar-refractivity contribution < 1.29 is 4.79 Å². The van der Waals surface area contributed by atoms with E-state index in [0.717, 1.165) is 51.5 Å². The van der Waals surface area contributed by atoms with E-state index in [1.807, 2.05) is 16.7 Å². The minimum atomic E-state index is 0.0778. The van der Waals surface area contributed by atoms with Crippen LogP contribution in [0.5, 0.6) is 0 Å². The molecule has 4 heterocycles. The molecule has 2 aromatic heterocycles. The van der Waals surface area contributed by atoms with Crippen LogP contribution >= 0.6 is 11.8 Å². The number of aromatic nitrogens is 2. The SMILES string of the molecule is CCCN1C[C@H](CSC)C[C@@H]2c3cccc4c3c(cn4CCCCCCn3cc4c5c(cccc53)[C@H]3C[C@H](NC(=O)N(CC)CC)CN(C)[C@@H]3C4)C[C@H]21. The van der Waals surface area contributed by atoms with Gasteiger partial charge in [-0.25, -0.2) is 4.79 Å². The summed E-state index contributed by atoms with van der Waals surface area (Å²) in [6.45, 7) is 13.6. The van der Waals surface area contributed by atoms with Gasteiger partial charge in [0.2, 0.25) is 0 Å². The fraction of sp³-hybridized carbons (Fsp3) is 0.622. The molecule has 0 spiro atoms. The van der Waals surface area contributed by atoms with Crippen molar-refractivity contribution in [3.05, 3.63) is 71.0 Å². The molecular formula is C45H64N6OS. The number of thioether (sulfide) groups is 1. The second-order valence-electron chi connectivity index (χ2n) is 16.9. The lowest BCUT2D eigenvalue weighted by molar-refractivity contribution is 0.0926. The molecule has 4 aliphatic rings. The number of rotatable bonds is 14. The van der Waals surface area contributed by atoms with Crippen molar-refractivity contribution in [3.63, 3.8) is 0 Å². The van der Waals surface area contributed by atoms with E-state index in [1.54, 1.807) is 16.5 Å². The number of likely N-dealkylation sites (N-methyl/N-ethyl adjacent to an activating group) is 1. The van der Waals surface area contributed by atoms with Gasteiger partial charge >= 0.3 is 6.03 Å². The van der Waals surface area contributed by atoms with Gasteiger partial charge in [-0.15, -0.1) is 0 Å². The highest BCUT2D eigenvalue weighted by Gasteiger charge is 2.42. The van der Waals surface area contributed by atoms with E-state index in [-0.39, 0.29) is 12.1 Å². The number of hydrogen-bond acceptors (Lipinski definition) is 4. The molecule has 1 N–H and O–H groups in total. The summed E-state index contributed by atoms with van der Waals surface area (Å²) >= 11 is 2.03. The Bertz CT molecular complexity index is 1890. The number of aryl methyl sites for hydroxylation is 2. The predicted molar refractivity (Wildman–Crippen MR) is 224 cm³/mol. The molecule has 4 aromatic rings. The van der Waals surface area contributed by atoms with Crippen LogP contribution in [0, 0.1) is 5.92 Å². The highest BCUT2D eigenvalue weighted by atomic mass is 32.2. The maximum Gasteiger partial charge on any atom is 0.317 e. The standard InChI is InChI=1S/C45H64N6OS/c1-6-19-49-26-31(30-53-5)22-37-35-15-13-17-40-44(35)33(24-42(37)49)28-51(40)21-12-10-9-11-20-50-27-32-23-41-38(36-16-14-18-39(50)43(32)36)25-34(29-47(41)4)46-45(52)48(7-2)8-3/h13-18,27-28,31,34,37-38,41-42H,6-12,19-26,29-30H2,1-5H3,(H,46,52)/t31-,34+,37-,38-,41-,42-/m1/s1. The van der Waals surface area contributed by atoms with Crippen LogP contribution in [-0.2, 0) is 25.9 Å². The number of carbonyl (C=O) groups excluding carboxylic acids is 1. The lowest BCUT2D eigenvalue weighted by Crippen LogP contribution is -2.56. The van der Waals surface area contributed by atoms with Gasteiger partial charge in [0.05, 0.1) is 0 Å². The summed E-state index contributed by atoms with van der Waals surface area (Å²) in [4.78, 5) is 20.2. The van der Waals surface area contributed by atoms with Crippen LogP contribution in [0.1, 0.15) is 99.8 Å². The molecule has 0 saturated carbocycles. The minimum absolute atomic E-state index is 0.0778. The Labute approximate surface area is 322 Å². The van der Waals surface area contributed by atoms with E-state index in [1.165, 1.54) is 91.3 Å². The van der Waals surface area contributed by atoms with Crippen LogP contribution in [-0.4, -0.2) is 99.8 Å². The molecule has 2 aromatic carbocycles. The van der Waals surface area contributed by atoms with Gasteiger partial charge in [-0.05, 0) is 125 Å². The molecule has 6 atom stereocenters. The normalized spacial score (nSPS) is 25.5. The van der Waals surface area contributed by atoms with Crippen molar-refractivity contribution in [3.8, 4) is 0 Å². The van der Waals surface area contributed by atoms with Gasteiger partial charge in [0, 0.05) is 103 Å². The largest absolute Gasteiger partial charge is 0.347 e. The Balaban J connectivity index is 0.892. The summed E-state index contributed by atoms with van der Waals surface area (Å²) < 4.78 is 5.16. The van der Waals surface area contributed by atoms with E-state index in [2.05, 4.69) is 107 Å². The first-order valence-electron chi connectivity index (χ1n) is 21.1. The summed E-state index contributed by atoms with van der Waals surface area (Å²) in [5, 5.41) is 6.46. The number of likely N-dealkylation sites (tertiary alicyclic amines) is 2. The Morgan fingerprint density at radius 3 is 1.98 bits per heavy atom. The third kappa shape index (κ3) is 7.06. The number of piperidine rings is 2. The molecule has 8 rings (SSSR count). The first-order chi connectivity index (χ1) is 25.9. The van der Waals surface area contributed by atoms with Gasteiger partial charge in [-0.2, -0.15) is 11.8 Å². The zero-order chi connectivity index (χ0) is 36.6. The Kier molecular flexibility index (Phi) is 11.2. The first kappa shape index (κ1) is 37.0. The number of benzene rings is 2. The second kappa shape index (κ2) is 16.0. The third-order valence-electron chi connectivity index (χ3n) is 13.6. The maximum absolute atomic E-state index is 12.9. The smallest absolute Gasteiger partial charge is 0.317 e. The quantitative estimate of drug-likeness (QED) is 0.132. The van der Waals surface area contributed by atoms with Gasteiger partial charge in [-0.1, -0.05) is 44.0 Å². The number of urea groups is 1. The maximum atomic E-state index is 12.9. The molecule has 286 valence electrons. The molecule has 2 saturated heterocycles. The second-order valence-corrected chi connectivity index (χ2v) is 17.8. The molecule has 2 fully saturated rings. The van der Waals surface area contributed by atoms with E-state index < -0.39 is 0 Å². The van der Waals surface area contributed by atoms with Gasteiger partial charge in [0.1, 0.15) is 0 Å². The monoisotopic (exact) mass is 736 g/mol. The molecule has 2 aliphatic carbocycles. The highest BCUT2D eigenvalue weighted by Crippen LogP contribution is 2.46. The van der Waals surface area contributed by atoms with Crippen LogP contribution in [0.15, 0.2) is 48.8 Å². The molecule has 8 heteroatoms. The van der Waals surface area contributed by atoms with Crippen LogP contribution < -0.4 is 5.32 Å². The third-order valence-corrected chi connectivity index (χ3v) is 14.4. The van der Waals surface area contributed by atoms with Crippen LogP contribution in [0.4, 0.5) is 4.79 Å². The fourth-order valence-electron chi connectivity index (χ4n) is 11.3. The average Bonchev–Trinajstić information content (AvgIpc) is 3.70.